The summed E-state index contributed by atoms with van der Waals surface area (Å²) in [6.07, 6.45) is 6.62. The van der Waals surface area contributed by atoms with Crippen molar-refractivity contribution < 1.29 is 4.79 Å². The smallest absolute Gasteiger partial charge is 0.237 e. The third kappa shape index (κ3) is 4.52. The molecular formula is C13H26N2O. The summed E-state index contributed by atoms with van der Waals surface area (Å²) in [4.78, 5) is 13.4. The molecule has 1 heterocycles. The first-order valence-electron chi connectivity index (χ1n) is 6.64. The molecule has 0 aliphatic carbocycles. The third-order valence-electron chi connectivity index (χ3n) is 3.27. The molecule has 16 heavy (non-hydrogen) atoms. The van der Waals surface area contributed by atoms with Crippen LogP contribution in [0.4, 0.5) is 0 Å². The Morgan fingerprint density at radius 3 is 2.56 bits per heavy atom. The molecule has 1 N–H and O–H groups in total. The number of carbonyl (C=O) groups excluding carboxylic acids is 1. The van der Waals surface area contributed by atoms with E-state index in [1.54, 1.807) is 0 Å². The number of carbonyl (C=O) groups is 1. The maximum atomic E-state index is 11.5. The van der Waals surface area contributed by atoms with Gasteiger partial charge in [0, 0.05) is 6.54 Å². The number of nitrogens with one attached hydrogen (secondary N) is 1. The molecule has 1 atom stereocenters. The Labute approximate surface area is 99.6 Å². The zero-order valence-electron chi connectivity index (χ0n) is 11.0. The second-order valence-electron chi connectivity index (χ2n) is 5.24. The molecule has 94 valence electrons. The molecule has 0 saturated carbocycles. The Bertz CT molecular complexity index is 216. The molecule has 0 spiro atoms. The van der Waals surface area contributed by atoms with Crippen molar-refractivity contribution in [2.24, 2.45) is 5.92 Å². The molecule has 1 rings (SSSR count). The predicted molar refractivity (Wildman–Crippen MR) is 67.1 cm³/mol. The zero-order chi connectivity index (χ0) is 12.0. The highest BCUT2D eigenvalue weighted by Crippen LogP contribution is 2.11. The van der Waals surface area contributed by atoms with Crippen LogP contribution in [0.1, 0.15) is 52.9 Å². The standard InChI is InChI=1S/C13H26N2O/c1-11(2)8-6-4-5-7-9-15-12(3)14-10-13(15)16/h11-12,14H,4-10H2,1-3H3. The van der Waals surface area contributed by atoms with Crippen LogP contribution < -0.4 is 5.32 Å². The molecule has 3 nitrogen and oxygen atoms in total. The van der Waals surface area contributed by atoms with E-state index < -0.39 is 0 Å². The monoisotopic (exact) mass is 226 g/mol. The van der Waals surface area contributed by atoms with Gasteiger partial charge in [-0.25, -0.2) is 0 Å². The largest absolute Gasteiger partial charge is 0.326 e. The van der Waals surface area contributed by atoms with Crippen LogP contribution in [0.25, 0.3) is 0 Å². The fraction of sp³-hybridized carbons (Fsp3) is 0.923. The quantitative estimate of drug-likeness (QED) is 0.676. The topological polar surface area (TPSA) is 32.3 Å². The van der Waals surface area contributed by atoms with Gasteiger partial charge in [0.05, 0.1) is 12.7 Å². The van der Waals surface area contributed by atoms with E-state index >= 15 is 0 Å². The zero-order valence-corrected chi connectivity index (χ0v) is 11.0. The SMILES string of the molecule is CC(C)CCCCCCN1C(=O)CNC1C. The maximum absolute atomic E-state index is 11.5. The van der Waals surface area contributed by atoms with Crippen LogP contribution in [0.5, 0.6) is 0 Å². The second-order valence-corrected chi connectivity index (χ2v) is 5.24. The van der Waals surface area contributed by atoms with Gasteiger partial charge >= 0.3 is 0 Å². The summed E-state index contributed by atoms with van der Waals surface area (Å²) in [6, 6.07) is 0. The van der Waals surface area contributed by atoms with E-state index in [1.807, 2.05) is 4.90 Å². The van der Waals surface area contributed by atoms with E-state index in [4.69, 9.17) is 0 Å². The molecule has 0 aromatic heterocycles. The number of hydrogen-bond donors (Lipinski definition) is 1. The molecule has 1 unspecified atom stereocenters. The van der Waals surface area contributed by atoms with E-state index in [9.17, 15) is 4.79 Å². The number of hydrogen-bond acceptors (Lipinski definition) is 2. The molecule has 1 amide bonds. The van der Waals surface area contributed by atoms with Crippen molar-refractivity contribution in [3.8, 4) is 0 Å². The number of amides is 1. The molecular weight excluding hydrogens is 200 g/mol. The Morgan fingerprint density at radius 2 is 2.00 bits per heavy atom. The first-order valence-corrected chi connectivity index (χ1v) is 6.64. The summed E-state index contributed by atoms with van der Waals surface area (Å²) in [7, 11) is 0. The lowest BCUT2D eigenvalue weighted by Crippen LogP contribution is -2.35. The Balaban J connectivity index is 2.00. The highest BCUT2D eigenvalue weighted by Gasteiger charge is 2.25. The van der Waals surface area contributed by atoms with Gasteiger partial charge in [-0.2, -0.15) is 0 Å². The number of unbranched alkanes of at least 4 members (excludes halogenated alkanes) is 3. The minimum atomic E-state index is 0.239. The average molecular weight is 226 g/mol. The fourth-order valence-electron chi connectivity index (χ4n) is 2.17. The van der Waals surface area contributed by atoms with Gasteiger partial charge in [0.25, 0.3) is 0 Å². The molecule has 3 heteroatoms. The van der Waals surface area contributed by atoms with Crippen LogP contribution in [0.2, 0.25) is 0 Å². The number of nitrogens with zero attached hydrogens (tertiary/aromatic N) is 1. The Kier molecular flexibility index (Phi) is 5.81. The van der Waals surface area contributed by atoms with E-state index in [0.717, 1.165) is 18.9 Å². The van der Waals surface area contributed by atoms with E-state index in [0.29, 0.717) is 6.54 Å². The van der Waals surface area contributed by atoms with Gasteiger partial charge in [0.2, 0.25) is 5.91 Å². The summed E-state index contributed by atoms with van der Waals surface area (Å²) in [6.45, 7) is 8.05. The van der Waals surface area contributed by atoms with Gasteiger partial charge in [-0.05, 0) is 19.3 Å². The van der Waals surface area contributed by atoms with Crippen molar-refractivity contribution >= 4 is 5.91 Å². The van der Waals surface area contributed by atoms with E-state index in [-0.39, 0.29) is 12.1 Å². The lowest BCUT2D eigenvalue weighted by atomic mass is 10.0. The Morgan fingerprint density at radius 1 is 1.31 bits per heavy atom. The summed E-state index contributed by atoms with van der Waals surface area (Å²) in [5.41, 5.74) is 0. The fourth-order valence-corrected chi connectivity index (χ4v) is 2.17. The second kappa shape index (κ2) is 6.89. The summed E-state index contributed by atoms with van der Waals surface area (Å²) in [5, 5.41) is 3.16. The van der Waals surface area contributed by atoms with Gasteiger partial charge < -0.3 is 4.90 Å². The van der Waals surface area contributed by atoms with Crippen LogP contribution in [-0.4, -0.2) is 30.1 Å². The van der Waals surface area contributed by atoms with Gasteiger partial charge in [-0.15, -0.1) is 0 Å². The van der Waals surface area contributed by atoms with Crippen LogP contribution in [0, 0.1) is 5.92 Å². The van der Waals surface area contributed by atoms with Gasteiger partial charge in [-0.3, -0.25) is 10.1 Å². The van der Waals surface area contributed by atoms with Crippen molar-refractivity contribution in [2.45, 2.75) is 59.0 Å². The molecule has 0 aromatic rings. The van der Waals surface area contributed by atoms with Gasteiger partial charge in [-0.1, -0.05) is 39.5 Å². The maximum Gasteiger partial charge on any atom is 0.237 e. The lowest BCUT2D eigenvalue weighted by molar-refractivity contribution is -0.127. The first kappa shape index (κ1) is 13.5. The molecule has 0 bridgehead atoms. The average Bonchev–Trinajstić information content (AvgIpc) is 2.53. The summed E-state index contributed by atoms with van der Waals surface area (Å²) in [5.74, 6) is 1.08. The molecule has 1 fully saturated rings. The van der Waals surface area contributed by atoms with Crippen LogP contribution in [-0.2, 0) is 4.79 Å². The molecule has 1 aliphatic heterocycles. The van der Waals surface area contributed by atoms with Gasteiger partial charge in [0.15, 0.2) is 0 Å². The van der Waals surface area contributed by atoms with Gasteiger partial charge in [0.1, 0.15) is 0 Å². The minimum absolute atomic E-state index is 0.239. The van der Waals surface area contributed by atoms with Crippen molar-refractivity contribution in [3.05, 3.63) is 0 Å². The van der Waals surface area contributed by atoms with E-state index in [1.165, 1.54) is 25.7 Å². The minimum Gasteiger partial charge on any atom is -0.326 e. The van der Waals surface area contributed by atoms with Crippen molar-refractivity contribution in [1.29, 1.82) is 0 Å². The van der Waals surface area contributed by atoms with Crippen molar-refractivity contribution in [2.75, 3.05) is 13.1 Å². The van der Waals surface area contributed by atoms with Crippen molar-refractivity contribution in [3.63, 3.8) is 0 Å². The lowest BCUT2D eigenvalue weighted by Gasteiger charge is -2.20. The summed E-state index contributed by atoms with van der Waals surface area (Å²) < 4.78 is 0. The normalized spacial score (nSPS) is 21.1. The molecule has 1 saturated heterocycles. The molecule has 0 aromatic carbocycles. The van der Waals surface area contributed by atoms with Crippen LogP contribution >= 0.6 is 0 Å². The molecule has 0 radical (unpaired) electrons. The van der Waals surface area contributed by atoms with Crippen LogP contribution in [0.15, 0.2) is 0 Å². The summed E-state index contributed by atoms with van der Waals surface area (Å²) >= 11 is 0. The first-order chi connectivity index (χ1) is 7.61. The Hall–Kier alpha value is -0.570. The molecule has 1 aliphatic rings. The third-order valence-corrected chi connectivity index (χ3v) is 3.27. The van der Waals surface area contributed by atoms with Crippen LogP contribution in [0.3, 0.4) is 0 Å². The highest BCUT2D eigenvalue weighted by molar-refractivity contribution is 5.80. The van der Waals surface area contributed by atoms with E-state index in [2.05, 4.69) is 26.1 Å². The highest BCUT2D eigenvalue weighted by atomic mass is 16.2. The van der Waals surface area contributed by atoms with Crippen molar-refractivity contribution in [1.82, 2.24) is 10.2 Å². The number of rotatable bonds is 7. The predicted octanol–water partition coefficient (Wildman–Crippen LogP) is 2.37.